The Labute approximate surface area is 108 Å². The lowest BCUT2D eigenvalue weighted by molar-refractivity contribution is 0.0922. The standard InChI is InChI=1S/C9H16BrN5O2/c10-7-6-13-9(15-11)14-8(7)12-2-1-4-17-5-3-16/h6,16H,1-5,11H2,(H2,12,13,14,15). The van der Waals surface area contributed by atoms with Crippen LogP contribution in [0.15, 0.2) is 10.7 Å². The number of nitrogen functional groups attached to an aromatic ring is 1. The molecule has 1 rings (SSSR count). The third-order valence-corrected chi connectivity index (χ3v) is 2.45. The molecule has 0 fully saturated rings. The van der Waals surface area contributed by atoms with Crippen molar-refractivity contribution in [2.24, 2.45) is 5.84 Å². The van der Waals surface area contributed by atoms with Crippen LogP contribution in [0.5, 0.6) is 0 Å². The fourth-order valence-corrected chi connectivity index (χ4v) is 1.44. The lowest BCUT2D eigenvalue weighted by Gasteiger charge is -2.08. The predicted octanol–water partition coefficient (Wildman–Crippen LogP) is 0.336. The monoisotopic (exact) mass is 305 g/mol. The molecule has 0 aliphatic heterocycles. The van der Waals surface area contributed by atoms with E-state index in [0.717, 1.165) is 10.9 Å². The summed E-state index contributed by atoms with van der Waals surface area (Å²) in [5.74, 6) is 6.25. The summed E-state index contributed by atoms with van der Waals surface area (Å²) in [5, 5.41) is 11.6. The van der Waals surface area contributed by atoms with Crippen LogP contribution < -0.4 is 16.6 Å². The first kappa shape index (κ1) is 14.1. The summed E-state index contributed by atoms with van der Waals surface area (Å²) in [6.45, 7) is 1.73. The van der Waals surface area contributed by atoms with Crippen LogP contribution in [0.3, 0.4) is 0 Å². The van der Waals surface area contributed by atoms with Gasteiger partial charge in [0.15, 0.2) is 0 Å². The van der Waals surface area contributed by atoms with Crippen LogP contribution in [0.1, 0.15) is 6.42 Å². The molecular weight excluding hydrogens is 290 g/mol. The molecule has 0 radical (unpaired) electrons. The number of rotatable bonds is 8. The molecule has 0 saturated heterocycles. The van der Waals surface area contributed by atoms with Crippen molar-refractivity contribution in [2.45, 2.75) is 6.42 Å². The van der Waals surface area contributed by atoms with Crippen LogP contribution in [0.4, 0.5) is 11.8 Å². The summed E-state index contributed by atoms with van der Waals surface area (Å²) >= 11 is 3.33. The first-order valence-corrected chi connectivity index (χ1v) is 5.99. The van der Waals surface area contributed by atoms with Gasteiger partial charge in [0.05, 0.1) is 17.7 Å². The molecule has 5 N–H and O–H groups in total. The summed E-state index contributed by atoms with van der Waals surface area (Å²) < 4.78 is 5.90. The number of hydrogen-bond donors (Lipinski definition) is 4. The van der Waals surface area contributed by atoms with Crippen molar-refractivity contribution in [1.82, 2.24) is 9.97 Å². The average Bonchev–Trinajstić information content (AvgIpc) is 2.35. The van der Waals surface area contributed by atoms with E-state index >= 15 is 0 Å². The van der Waals surface area contributed by atoms with Crippen LogP contribution in [0, 0.1) is 0 Å². The Morgan fingerprint density at radius 3 is 3.00 bits per heavy atom. The topological polar surface area (TPSA) is 105 Å². The maximum Gasteiger partial charge on any atom is 0.239 e. The lowest BCUT2D eigenvalue weighted by Crippen LogP contribution is -2.13. The van der Waals surface area contributed by atoms with Gasteiger partial charge in [0.1, 0.15) is 5.82 Å². The van der Waals surface area contributed by atoms with Gasteiger partial charge in [-0.05, 0) is 22.4 Å². The van der Waals surface area contributed by atoms with Crippen molar-refractivity contribution in [1.29, 1.82) is 0 Å². The summed E-state index contributed by atoms with van der Waals surface area (Å²) in [7, 11) is 0. The number of nitrogens with zero attached hydrogens (tertiary/aromatic N) is 2. The maximum atomic E-state index is 8.51. The molecule has 0 unspecified atom stereocenters. The molecule has 0 spiro atoms. The minimum absolute atomic E-state index is 0.0520. The number of nitrogens with two attached hydrogens (primary N) is 1. The largest absolute Gasteiger partial charge is 0.394 e. The van der Waals surface area contributed by atoms with Crippen LogP contribution >= 0.6 is 15.9 Å². The zero-order valence-corrected chi connectivity index (χ0v) is 10.9. The van der Waals surface area contributed by atoms with Crippen molar-refractivity contribution in [2.75, 3.05) is 37.1 Å². The number of nitrogens with one attached hydrogen (secondary N) is 2. The average molecular weight is 306 g/mol. The Hall–Kier alpha value is -0.960. The number of aliphatic hydroxyl groups excluding tert-OH is 1. The molecule has 96 valence electrons. The Balaban J connectivity index is 2.30. The third-order valence-electron chi connectivity index (χ3n) is 1.87. The number of hydrogen-bond acceptors (Lipinski definition) is 7. The van der Waals surface area contributed by atoms with Crippen molar-refractivity contribution in [3.8, 4) is 0 Å². The first-order chi connectivity index (χ1) is 8.27. The summed E-state index contributed by atoms with van der Waals surface area (Å²) in [5.41, 5.74) is 2.38. The van der Waals surface area contributed by atoms with Gasteiger partial charge in [0.2, 0.25) is 5.95 Å². The molecule has 1 aromatic rings. The molecule has 0 bridgehead atoms. The summed E-state index contributed by atoms with van der Waals surface area (Å²) in [6.07, 6.45) is 2.44. The fourth-order valence-electron chi connectivity index (χ4n) is 1.11. The molecule has 0 atom stereocenters. The van der Waals surface area contributed by atoms with Gasteiger partial charge in [-0.15, -0.1) is 0 Å². The minimum Gasteiger partial charge on any atom is -0.394 e. The summed E-state index contributed by atoms with van der Waals surface area (Å²) in [4.78, 5) is 8.08. The number of aliphatic hydroxyl groups is 1. The highest BCUT2D eigenvalue weighted by atomic mass is 79.9. The van der Waals surface area contributed by atoms with E-state index < -0.39 is 0 Å². The smallest absolute Gasteiger partial charge is 0.239 e. The zero-order valence-electron chi connectivity index (χ0n) is 9.32. The van der Waals surface area contributed by atoms with E-state index in [1.54, 1.807) is 6.20 Å². The Kier molecular flexibility index (Phi) is 6.78. The molecule has 0 aliphatic rings. The predicted molar refractivity (Wildman–Crippen MR) is 68.6 cm³/mol. The number of ether oxygens (including phenoxy) is 1. The maximum absolute atomic E-state index is 8.51. The van der Waals surface area contributed by atoms with E-state index in [2.05, 4.69) is 36.6 Å². The third kappa shape index (κ3) is 5.26. The first-order valence-electron chi connectivity index (χ1n) is 5.19. The van der Waals surface area contributed by atoms with E-state index in [9.17, 15) is 0 Å². The van der Waals surface area contributed by atoms with Crippen LogP contribution in [0.2, 0.25) is 0 Å². The quantitative estimate of drug-likeness (QED) is 0.312. The second-order valence-electron chi connectivity index (χ2n) is 3.15. The SMILES string of the molecule is NNc1ncc(Br)c(NCCCOCCO)n1. The molecule has 7 nitrogen and oxygen atoms in total. The molecule has 0 aliphatic carbocycles. The molecule has 17 heavy (non-hydrogen) atoms. The van der Waals surface area contributed by atoms with Gasteiger partial charge in [-0.1, -0.05) is 0 Å². The second kappa shape index (κ2) is 8.18. The Morgan fingerprint density at radius 1 is 1.47 bits per heavy atom. The molecule has 8 heteroatoms. The number of aromatic nitrogens is 2. The Bertz CT molecular complexity index is 339. The number of halogens is 1. The van der Waals surface area contributed by atoms with Crippen LogP contribution in [-0.4, -0.2) is 41.4 Å². The van der Waals surface area contributed by atoms with E-state index in [4.69, 9.17) is 15.7 Å². The molecule has 0 saturated carbocycles. The van der Waals surface area contributed by atoms with Gasteiger partial charge in [-0.2, -0.15) is 4.98 Å². The van der Waals surface area contributed by atoms with Crippen molar-refractivity contribution in [3.63, 3.8) is 0 Å². The Morgan fingerprint density at radius 2 is 2.29 bits per heavy atom. The fraction of sp³-hybridized carbons (Fsp3) is 0.556. The zero-order chi connectivity index (χ0) is 12.5. The molecule has 0 amide bonds. The highest BCUT2D eigenvalue weighted by Crippen LogP contribution is 2.19. The lowest BCUT2D eigenvalue weighted by atomic mass is 10.4. The van der Waals surface area contributed by atoms with Gasteiger partial charge in [-0.25, -0.2) is 10.8 Å². The van der Waals surface area contributed by atoms with Gasteiger partial charge in [0.25, 0.3) is 0 Å². The number of anilines is 2. The van der Waals surface area contributed by atoms with Crippen molar-refractivity contribution in [3.05, 3.63) is 10.7 Å². The normalized spacial score (nSPS) is 10.3. The molecule has 1 aromatic heterocycles. The highest BCUT2D eigenvalue weighted by molar-refractivity contribution is 9.10. The van der Waals surface area contributed by atoms with E-state index in [-0.39, 0.29) is 6.61 Å². The van der Waals surface area contributed by atoms with E-state index in [0.29, 0.717) is 31.5 Å². The van der Waals surface area contributed by atoms with Crippen LogP contribution in [-0.2, 0) is 4.74 Å². The number of hydrazine groups is 1. The molecule has 1 heterocycles. The van der Waals surface area contributed by atoms with Crippen molar-refractivity contribution < 1.29 is 9.84 Å². The molecular formula is C9H16BrN5O2. The van der Waals surface area contributed by atoms with Gasteiger partial charge < -0.3 is 15.2 Å². The minimum atomic E-state index is 0.0520. The van der Waals surface area contributed by atoms with E-state index in [1.165, 1.54) is 0 Å². The highest BCUT2D eigenvalue weighted by Gasteiger charge is 2.03. The van der Waals surface area contributed by atoms with Gasteiger partial charge in [-0.3, -0.25) is 5.43 Å². The molecule has 0 aromatic carbocycles. The van der Waals surface area contributed by atoms with Crippen molar-refractivity contribution >= 4 is 27.7 Å². The summed E-state index contributed by atoms with van der Waals surface area (Å²) in [6, 6.07) is 0. The van der Waals surface area contributed by atoms with Crippen LogP contribution in [0.25, 0.3) is 0 Å². The van der Waals surface area contributed by atoms with Gasteiger partial charge >= 0.3 is 0 Å². The second-order valence-corrected chi connectivity index (χ2v) is 4.01. The van der Waals surface area contributed by atoms with E-state index in [1.807, 2.05) is 0 Å². The van der Waals surface area contributed by atoms with Gasteiger partial charge in [0, 0.05) is 19.3 Å².